The molecule has 0 aromatic heterocycles. The van der Waals surface area contributed by atoms with E-state index in [1.165, 1.54) is 28.9 Å². The second-order valence-corrected chi connectivity index (χ2v) is 6.27. The van der Waals surface area contributed by atoms with Crippen LogP contribution in [-0.4, -0.2) is 12.3 Å². The van der Waals surface area contributed by atoms with Crippen LogP contribution in [0.3, 0.4) is 0 Å². The summed E-state index contributed by atoms with van der Waals surface area (Å²) in [5.74, 6) is 0.928. The van der Waals surface area contributed by atoms with Crippen LogP contribution in [0, 0.1) is 0 Å². The van der Waals surface area contributed by atoms with E-state index in [0.717, 1.165) is 18.3 Å². The monoisotopic (exact) mass is 299 g/mol. The second kappa shape index (κ2) is 7.01. The molecule has 0 spiro atoms. The van der Waals surface area contributed by atoms with Crippen molar-refractivity contribution in [2.24, 2.45) is 0 Å². The molecule has 1 fully saturated rings. The number of hydrogen-bond donors (Lipinski definition) is 1. The maximum Gasteiger partial charge on any atom is 0.119 e. The van der Waals surface area contributed by atoms with Gasteiger partial charge in [0.2, 0.25) is 0 Å². The molecule has 0 amide bonds. The van der Waals surface area contributed by atoms with Gasteiger partial charge in [-0.3, -0.25) is 0 Å². The highest BCUT2D eigenvalue weighted by Crippen LogP contribution is 2.22. The molecule has 1 saturated carbocycles. The van der Waals surface area contributed by atoms with Crippen molar-refractivity contribution < 1.29 is 4.74 Å². The van der Waals surface area contributed by atoms with E-state index in [0.29, 0.717) is 6.61 Å². The van der Waals surface area contributed by atoms with Crippen molar-refractivity contribution in [1.82, 2.24) is 5.32 Å². The Bertz CT molecular complexity index is 578. The predicted octanol–water partition coefficient (Wildman–Crippen LogP) is 4.24. The van der Waals surface area contributed by atoms with Gasteiger partial charge in [0.05, 0.1) is 0 Å². The molecular weight excluding hydrogens is 278 g/mol. The van der Waals surface area contributed by atoms with Crippen LogP contribution in [0.15, 0.2) is 53.4 Å². The van der Waals surface area contributed by atoms with E-state index in [-0.39, 0.29) is 0 Å². The number of hydrogen-bond acceptors (Lipinski definition) is 3. The highest BCUT2D eigenvalue weighted by Gasteiger charge is 2.20. The van der Waals surface area contributed by atoms with Crippen LogP contribution >= 0.6 is 11.8 Å². The molecule has 0 heterocycles. The topological polar surface area (TPSA) is 21.3 Å². The molecule has 3 rings (SSSR count). The van der Waals surface area contributed by atoms with Crippen LogP contribution in [0.25, 0.3) is 0 Å². The number of ether oxygens (including phenoxy) is 1. The molecule has 0 atom stereocenters. The van der Waals surface area contributed by atoms with E-state index >= 15 is 0 Å². The predicted molar refractivity (Wildman–Crippen MR) is 88.9 cm³/mol. The molecule has 0 unspecified atom stereocenters. The van der Waals surface area contributed by atoms with Gasteiger partial charge in [-0.2, -0.15) is 0 Å². The van der Waals surface area contributed by atoms with Gasteiger partial charge in [-0.1, -0.05) is 24.3 Å². The molecule has 0 radical (unpaired) electrons. The van der Waals surface area contributed by atoms with Gasteiger partial charge in [-0.25, -0.2) is 0 Å². The summed E-state index contributed by atoms with van der Waals surface area (Å²) in [6.45, 7) is 1.57. The van der Waals surface area contributed by atoms with Gasteiger partial charge < -0.3 is 10.1 Å². The van der Waals surface area contributed by atoms with Crippen molar-refractivity contribution in [3.8, 4) is 5.75 Å². The first kappa shape index (κ1) is 14.5. The van der Waals surface area contributed by atoms with Gasteiger partial charge >= 0.3 is 0 Å². The van der Waals surface area contributed by atoms with Crippen LogP contribution in [0.4, 0.5) is 0 Å². The minimum Gasteiger partial charge on any atom is -0.489 e. The summed E-state index contributed by atoms with van der Waals surface area (Å²) in [6.07, 6.45) is 4.72. The molecule has 0 aliphatic heterocycles. The Morgan fingerprint density at radius 1 is 1.05 bits per heavy atom. The van der Waals surface area contributed by atoms with E-state index in [1.54, 1.807) is 11.8 Å². The molecule has 1 aliphatic carbocycles. The van der Waals surface area contributed by atoms with E-state index in [2.05, 4.69) is 48.0 Å². The molecule has 21 heavy (non-hydrogen) atoms. The summed E-state index contributed by atoms with van der Waals surface area (Å²) in [7, 11) is 0. The molecule has 110 valence electrons. The summed E-state index contributed by atoms with van der Waals surface area (Å²) in [5, 5.41) is 3.57. The lowest BCUT2D eigenvalue weighted by Gasteiger charge is -2.12. The molecule has 3 heteroatoms. The lowest BCUT2D eigenvalue weighted by atomic mass is 10.1. The van der Waals surface area contributed by atoms with Crippen molar-refractivity contribution >= 4 is 11.8 Å². The standard InChI is InChI=1S/C18H21NOS/c1-21-18-10-8-17(9-11-18)20-13-15-5-3-2-4-14(15)12-19-16-6-7-16/h2-5,8-11,16,19H,6-7,12-13H2,1H3. The third-order valence-corrected chi connectivity index (χ3v) is 4.47. The maximum absolute atomic E-state index is 5.92. The fourth-order valence-electron chi connectivity index (χ4n) is 2.25. The zero-order valence-electron chi connectivity index (χ0n) is 12.3. The largest absolute Gasteiger partial charge is 0.489 e. The summed E-state index contributed by atoms with van der Waals surface area (Å²) in [5.41, 5.74) is 2.60. The summed E-state index contributed by atoms with van der Waals surface area (Å²) in [6, 6.07) is 17.5. The van der Waals surface area contributed by atoms with Crippen LogP contribution < -0.4 is 10.1 Å². The van der Waals surface area contributed by atoms with Crippen molar-refractivity contribution in [1.29, 1.82) is 0 Å². The number of nitrogens with one attached hydrogen (secondary N) is 1. The SMILES string of the molecule is CSc1ccc(OCc2ccccc2CNC2CC2)cc1. The van der Waals surface area contributed by atoms with Crippen molar-refractivity contribution in [2.45, 2.75) is 36.9 Å². The van der Waals surface area contributed by atoms with E-state index < -0.39 is 0 Å². The highest BCUT2D eigenvalue weighted by molar-refractivity contribution is 7.98. The molecule has 2 nitrogen and oxygen atoms in total. The Balaban J connectivity index is 1.60. The Morgan fingerprint density at radius 3 is 2.43 bits per heavy atom. The minimum atomic E-state index is 0.626. The van der Waals surface area contributed by atoms with E-state index in [4.69, 9.17) is 4.74 Å². The van der Waals surface area contributed by atoms with E-state index in [1.807, 2.05) is 12.1 Å². The molecule has 0 saturated heterocycles. The Kier molecular flexibility index (Phi) is 4.84. The third-order valence-electron chi connectivity index (χ3n) is 3.73. The summed E-state index contributed by atoms with van der Waals surface area (Å²) < 4.78 is 5.92. The van der Waals surface area contributed by atoms with Crippen LogP contribution in [-0.2, 0) is 13.2 Å². The molecular formula is C18H21NOS. The molecule has 2 aromatic rings. The van der Waals surface area contributed by atoms with Gasteiger partial charge in [0.1, 0.15) is 12.4 Å². The molecule has 1 aliphatic rings. The van der Waals surface area contributed by atoms with Crippen molar-refractivity contribution in [2.75, 3.05) is 6.26 Å². The molecule has 1 N–H and O–H groups in total. The molecule has 2 aromatic carbocycles. The van der Waals surface area contributed by atoms with Crippen LogP contribution in [0.5, 0.6) is 5.75 Å². The lowest BCUT2D eigenvalue weighted by molar-refractivity contribution is 0.304. The first-order valence-electron chi connectivity index (χ1n) is 7.42. The van der Waals surface area contributed by atoms with Crippen LogP contribution in [0.1, 0.15) is 24.0 Å². The fraction of sp³-hybridized carbons (Fsp3) is 0.333. The number of thioether (sulfide) groups is 1. The maximum atomic E-state index is 5.92. The fourth-order valence-corrected chi connectivity index (χ4v) is 2.65. The highest BCUT2D eigenvalue weighted by atomic mass is 32.2. The number of benzene rings is 2. The van der Waals surface area contributed by atoms with Crippen molar-refractivity contribution in [3.63, 3.8) is 0 Å². The quantitative estimate of drug-likeness (QED) is 0.773. The average Bonchev–Trinajstić information content (AvgIpc) is 3.36. The summed E-state index contributed by atoms with van der Waals surface area (Å²) >= 11 is 1.75. The normalized spacial score (nSPS) is 14.1. The van der Waals surface area contributed by atoms with Gasteiger partial charge in [0, 0.05) is 17.5 Å². The summed E-state index contributed by atoms with van der Waals surface area (Å²) in [4.78, 5) is 1.26. The van der Waals surface area contributed by atoms with Gasteiger partial charge in [-0.05, 0) is 54.5 Å². The zero-order chi connectivity index (χ0) is 14.5. The molecule has 0 bridgehead atoms. The van der Waals surface area contributed by atoms with Gasteiger partial charge in [0.25, 0.3) is 0 Å². The first-order chi connectivity index (χ1) is 10.3. The Labute approximate surface area is 130 Å². The smallest absolute Gasteiger partial charge is 0.119 e. The Hall–Kier alpha value is -1.45. The first-order valence-corrected chi connectivity index (χ1v) is 8.64. The van der Waals surface area contributed by atoms with E-state index in [9.17, 15) is 0 Å². The van der Waals surface area contributed by atoms with Gasteiger partial charge in [0.15, 0.2) is 0 Å². The number of rotatable bonds is 7. The average molecular weight is 299 g/mol. The van der Waals surface area contributed by atoms with Crippen molar-refractivity contribution in [3.05, 3.63) is 59.7 Å². The second-order valence-electron chi connectivity index (χ2n) is 5.39. The third kappa shape index (κ3) is 4.26. The van der Waals surface area contributed by atoms with Crippen LogP contribution in [0.2, 0.25) is 0 Å². The zero-order valence-corrected chi connectivity index (χ0v) is 13.2. The van der Waals surface area contributed by atoms with Gasteiger partial charge in [-0.15, -0.1) is 11.8 Å². The minimum absolute atomic E-state index is 0.626. The Morgan fingerprint density at radius 2 is 1.76 bits per heavy atom. The lowest BCUT2D eigenvalue weighted by Crippen LogP contribution is -2.16.